The predicted molar refractivity (Wildman–Crippen MR) is 124 cm³/mol. The maximum absolute atomic E-state index is 12.8. The first-order valence-electron chi connectivity index (χ1n) is 10.9. The molecule has 0 atom stereocenters. The summed E-state index contributed by atoms with van der Waals surface area (Å²) in [5, 5.41) is 7.28. The number of nitrogens with zero attached hydrogens (tertiary/aromatic N) is 3. The van der Waals surface area contributed by atoms with Gasteiger partial charge in [0.15, 0.2) is 9.84 Å². The number of hydrogen-bond acceptors (Lipinski definition) is 6. The first kappa shape index (κ1) is 22.0. The van der Waals surface area contributed by atoms with Gasteiger partial charge < -0.3 is 5.32 Å². The molecule has 0 fully saturated rings. The van der Waals surface area contributed by atoms with Gasteiger partial charge in [0.05, 0.1) is 34.0 Å². The summed E-state index contributed by atoms with van der Waals surface area (Å²) >= 11 is 0. The van der Waals surface area contributed by atoms with Gasteiger partial charge in [-0.1, -0.05) is 24.3 Å². The van der Waals surface area contributed by atoms with Gasteiger partial charge in [-0.05, 0) is 43.2 Å². The predicted octanol–water partition coefficient (Wildman–Crippen LogP) is 2.62. The van der Waals surface area contributed by atoms with E-state index < -0.39 is 9.84 Å². The number of nitrogens with one attached hydrogen (secondary N) is 1. The Kier molecular flexibility index (Phi) is 5.32. The van der Waals surface area contributed by atoms with Gasteiger partial charge in [0.2, 0.25) is 5.91 Å². The molecule has 10 heteroatoms. The van der Waals surface area contributed by atoms with E-state index in [9.17, 15) is 22.8 Å². The maximum atomic E-state index is 12.8. The maximum Gasteiger partial charge on any atom is 0.261 e. The van der Waals surface area contributed by atoms with Crippen molar-refractivity contribution in [2.24, 2.45) is 0 Å². The van der Waals surface area contributed by atoms with Crippen LogP contribution in [0.4, 0.5) is 5.82 Å². The fourth-order valence-corrected chi connectivity index (χ4v) is 5.85. The van der Waals surface area contributed by atoms with E-state index in [1.54, 1.807) is 28.9 Å². The fourth-order valence-electron chi connectivity index (χ4n) is 4.35. The molecule has 5 rings (SSSR count). The summed E-state index contributed by atoms with van der Waals surface area (Å²) in [7, 11) is -3.30. The Morgan fingerprint density at radius 2 is 1.74 bits per heavy atom. The SMILES string of the molecule is Cc1cccc(-n2nc3c(c2NC(=O)CCCN2C(=O)c4ccccc4C2=O)CS(=O)(=O)C3)c1. The highest BCUT2D eigenvalue weighted by Gasteiger charge is 2.35. The van der Waals surface area contributed by atoms with Crippen LogP contribution in [0.3, 0.4) is 0 Å². The zero-order chi connectivity index (χ0) is 24.0. The monoisotopic (exact) mass is 478 g/mol. The molecule has 0 bridgehead atoms. The van der Waals surface area contributed by atoms with Crippen molar-refractivity contribution in [3.05, 3.63) is 76.5 Å². The van der Waals surface area contributed by atoms with E-state index in [2.05, 4.69) is 10.4 Å². The van der Waals surface area contributed by atoms with Crippen molar-refractivity contribution in [3.63, 3.8) is 0 Å². The topological polar surface area (TPSA) is 118 Å². The summed E-state index contributed by atoms with van der Waals surface area (Å²) in [5.41, 5.74) is 3.39. The molecular formula is C24H22N4O5S. The van der Waals surface area contributed by atoms with Crippen LogP contribution in [-0.2, 0) is 26.1 Å². The highest BCUT2D eigenvalue weighted by Crippen LogP contribution is 2.33. The van der Waals surface area contributed by atoms with E-state index in [1.807, 2.05) is 31.2 Å². The number of imide groups is 1. The minimum atomic E-state index is -3.30. The lowest BCUT2D eigenvalue weighted by Crippen LogP contribution is -2.31. The molecule has 2 aliphatic rings. The zero-order valence-electron chi connectivity index (χ0n) is 18.4. The molecule has 3 amide bonds. The van der Waals surface area contributed by atoms with Gasteiger partial charge in [0, 0.05) is 18.5 Å². The van der Waals surface area contributed by atoms with Gasteiger partial charge in [-0.25, -0.2) is 13.1 Å². The number of benzene rings is 2. The van der Waals surface area contributed by atoms with Crippen molar-refractivity contribution < 1.29 is 22.8 Å². The summed E-state index contributed by atoms with van der Waals surface area (Å²) < 4.78 is 25.8. The van der Waals surface area contributed by atoms with Gasteiger partial charge in [0.1, 0.15) is 5.82 Å². The summed E-state index contributed by atoms with van der Waals surface area (Å²) in [6.07, 6.45) is 0.324. The minimum absolute atomic E-state index is 0.0495. The fraction of sp³-hybridized carbons (Fsp3) is 0.250. The molecule has 0 saturated heterocycles. The normalized spacial score (nSPS) is 16.0. The lowest BCUT2D eigenvalue weighted by molar-refractivity contribution is -0.116. The number of carbonyl (C=O) groups is 3. The number of sulfone groups is 1. The highest BCUT2D eigenvalue weighted by atomic mass is 32.2. The second-order valence-electron chi connectivity index (χ2n) is 8.52. The molecule has 0 radical (unpaired) electrons. The number of rotatable bonds is 6. The van der Waals surface area contributed by atoms with Crippen LogP contribution in [0.1, 0.15) is 50.4 Å². The largest absolute Gasteiger partial charge is 0.310 e. The van der Waals surface area contributed by atoms with Gasteiger partial charge in [-0.3, -0.25) is 19.3 Å². The van der Waals surface area contributed by atoms with Crippen LogP contribution < -0.4 is 5.32 Å². The van der Waals surface area contributed by atoms with Crippen molar-refractivity contribution in [2.75, 3.05) is 11.9 Å². The first-order valence-corrected chi connectivity index (χ1v) is 12.7. The standard InChI is InChI=1S/C24H22N4O5S/c1-15-6-4-7-16(12-15)28-22(19-13-34(32,33)14-20(19)26-28)25-21(29)10-5-11-27-23(30)17-8-2-3-9-18(17)24(27)31/h2-4,6-9,12H,5,10-11,13-14H2,1H3,(H,25,29). The Balaban J connectivity index is 1.31. The zero-order valence-corrected chi connectivity index (χ0v) is 19.3. The Labute approximate surface area is 196 Å². The molecule has 2 aromatic carbocycles. The summed E-state index contributed by atoms with van der Waals surface area (Å²) in [6.45, 7) is 2.05. The smallest absolute Gasteiger partial charge is 0.261 e. The van der Waals surface area contributed by atoms with Gasteiger partial charge >= 0.3 is 0 Å². The van der Waals surface area contributed by atoms with E-state index in [4.69, 9.17) is 0 Å². The quantitative estimate of drug-likeness (QED) is 0.544. The van der Waals surface area contributed by atoms with E-state index in [0.717, 1.165) is 10.5 Å². The number of carbonyl (C=O) groups excluding carboxylic acids is 3. The Morgan fingerprint density at radius 1 is 1.03 bits per heavy atom. The molecule has 1 N–H and O–H groups in total. The molecule has 34 heavy (non-hydrogen) atoms. The number of fused-ring (bicyclic) bond motifs is 2. The third-order valence-corrected chi connectivity index (χ3v) is 7.40. The van der Waals surface area contributed by atoms with Crippen molar-refractivity contribution in [1.82, 2.24) is 14.7 Å². The molecule has 174 valence electrons. The molecule has 0 unspecified atom stereocenters. The molecule has 1 aromatic heterocycles. The molecule has 9 nitrogen and oxygen atoms in total. The number of amides is 3. The average molecular weight is 479 g/mol. The van der Waals surface area contributed by atoms with Crippen molar-refractivity contribution >= 4 is 33.4 Å². The first-order chi connectivity index (χ1) is 16.2. The molecule has 0 spiro atoms. The lowest BCUT2D eigenvalue weighted by atomic mass is 10.1. The van der Waals surface area contributed by atoms with Crippen LogP contribution in [0, 0.1) is 6.92 Å². The van der Waals surface area contributed by atoms with E-state index in [-0.39, 0.29) is 48.6 Å². The van der Waals surface area contributed by atoms with Gasteiger partial charge in [0.25, 0.3) is 11.8 Å². The van der Waals surface area contributed by atoms with Gasteiger partial charge in [-0.15, -0.1) is 0 Å². The van der Waals surface area contributed by atoms with Gasteiger partial charge in [-0.2, -0.15) is 5.10 Å². The minimum Gasteiger partial charge on any atom is -0.310 e. The Morgan fingerprint density at radius 3 is 2.41 bits per heavy atom. The lowest BCUT2D eigenvalue weighted by Gasteiger charge is -2.14. The van der Waals surface area contributed by atoms with E-state index in [1.165, 1.54) is 0 Å². The molecule has 0 aliphatic carbocycles. The summed E-state index contributed by atoms with van der Waals surface area (Å²) in [5.74, 6) is -1.07. The summed E-state index contributed by atoms with van der Waals surface area (Å²) in [4.78, 5) is 38.9. The molecule has 2 aliphatic heterocycles. The van der Waals surface area contributed by atoms with Crippen molar-refractivity contribution in [1.29, 1.82) is 0 Å². The number of hydrogen-bond donors (Lipinski definition) is 1. The van der Waals surface area contributed by atoms with Crippen LogP contribution in [0.5, 0.6) is 0 Å². The Bertz CT molecular complexity index is 1420. The number of aryl methyl sites for hydroxylation is 1. The van der Waals surface area contributed by atoms with Crippen molar-refractivity contribution in [2.45, 2.75) is 31.3 Å². The second-order valence-corrected chi connectivity index (χ2v) is 10.6. The van der Waals surface area contributed by atoms with E-state index in [0.29, 0.717) is 33.9 Å². The second kappa shape index (κ2) is 8.21. The average Bonchev–Trinajstić information content (AvgIpc) is 3.36. The molecular weight excluding hydrogens is 456 g/mol. The number of anilines is 1. The van der Waals surface area contributed by atoms with E-state index >= 15 is 0 Å². The molecule has 3 aromatic rings. The third kappa shape index (κ3) is 3.90. The van der Waals surface area contributed by atoms with Crippen LogP contribution in [-0.4, -0.2) is 47.4 Å². The highest BCUT2D eigenvalue weighted by molar-refractivity contribution is 7.90. The van der Waals surface area contributed by atoms with Crippen LogP contribution in [0.2, 0.25) is 0 Å². The molecule has 3 heterocycles. The van der Waals surface area contributed by atoms with Crippen LogP contribution >= 0.6 is 0 Å². The van der Waals surface area contributed by atoms with Crippen molar-refractivity contribution in [3.8, 4) is 5.69 Å². The number of aromatic nitrogens is 2. The Hall–Kier alpha value is -3.79. The van der Waals surface area contributed by atoms with Crippen LogP contribution in [0.15, 0.2) is 48.5 Å². The van der Waals surface area contributed by atoms with Crippen LogP contribution in [0.25, 0.3) is 5.69 Å². The molecule has 0 saturated carbocycles. The third-order valence-electron chi connectivity index (χ3n) is 5.96. The summed E-state index contributed by atoms with van der Waals surface area (Å²) in [6, 6.07) is 14.2.